The fourth-order valence-electron chi connectivity index (χ4n) is 2.98. The van der Waals surface area contributed by atoms with Gasteiger partial charge in [-0.2, -0.15) is 0 Å². The normalized spacial score (nSPS) is 10.9. The Morgan fingerprint density at radius 1 is 0.938 bits per heavy atom. The number of hydrogen-bond acceptors (Lipinski definition) is 7. The van der Waals surface area contributed by atoms with Gasteiger partial charge in [-0.1, -0.05) is 26.0 Å². The molecule has 3 aromatic rings. The third-order valence-corrected chi connectivity index (χ3v) is 4.88. The van der Waals surface area contributed by atoms with Crippen molar-refractivity contribution in [3.05, 3.63) is 77.9 Å². The fraction of sp³-hybridized carbons (Fsp3) is 0.250. The maximum absolute atomic E-state index is 12.6. The summed E-state index contributed by atoms with van der Waals surface area (Å²) in [4.78, 5) is 32.5. The van der Waals surface area contributed by atoms with Gasteiger partial charge in [0.1, 0.15) is 6.61 Å². The first-order valence-corrected chi connectivity index (χ1v) is 9.92. The second kappa shape index (κ2) is 9.91. The van der Waals surface area contributed by atoms with Crippen molar-refractivity contribution in [2.24, 2.45) is 0 Å². The molecule has 0 bridgehead atoms. The molecule has 0 spiro atoms. The van der Waals surface area contributed by atoms with Crippen molar-refractivity contribution in [1.82, 2.24) is 9.97 Å². The molecule has 1 N–H and O–H groups in total. The van der Waals surface area contributed by atoms with Gasteiger partial charge in [0, 0.05) is 29.1 Å². The monoisotopic (exact) mass is 435 g/mol. The largest absolute Gasteiger partial charge is 0.493 e. The molecular formula is C24H25N3O5. The smallest absolute Gasteiger partial charge is 0.376 e. The van der Waals surface area contributed by atoms with Crippen LogP contribution in [0, 0.1) is 0 Å². The lowest BCUT2D eigenvalue weighted by molar-refractivity contribution is 0.0412. The van der Waals surface area contributed by atoms with Gasteiger partial charge in [0.2, 0.25) is 5.82 Å². The molecule has 0 atom stereocenters. The van der Waals surface area contributed by atoms with E-state index in [1.165, 1.54) is 26.6 Å². The summed E-state index contributed by atoms with van der Waals surface area (Å²) < 4.78 is 15.8. The maximum Gasteiger partial charge on any atom is 0.376 e. The first kappa shape index (κ1) is 22.7. The highest BCUT2D eigenvalue weighted by atomic mass is 16.5. The molecule has 0 unspecified atom stereocenters. The number of nitrogens with zero attached hydrogens (tertiary/aromatic N) is 2. The summed E-state index contributed by atoms with van der Waals surface area (Å²) in [6.45, 7) is 4.08. The molecule has 0 radical (unpaired) electrons. The van der Waals surface area contributed by atoms with Crippen molar-refractivity contribution >= 4 is 17.6 Å². The number of nitrogens with one attached hydrogen (secondary N) is 1. The first-order chi connectivity index (χ1) is 15.3. The molecule has 166 valence electrons. The van der Waals surface area contributed by atoms with Crippen molar-refractivity contribution in [1.29, 1.82) is 0 Å². The molecule has 1 heterocycles. The van der Waals surface area contributed by atoms with E-state index in [1.54, 1.807) is 36.4 Å². The van der Waals surface area contributed by atoms with Crippen LogP contribution in [0.3, 0.4) is 0 Å². The number of carbonyl (C=O) groups is 2. The van der Waals surface area contributed by atoms with Crippen LogP contribution in [-0.2, 0) is 10.2 Å². The summed E-state index contributed by atoms with van der Waals surface area (Å²) in [5.41, 5.74) is 1.58. The van der Waals surface area contributed by atoms with Crippen LogP contribution in [-0.4, -0.2) is 42.7 Å². The number of methoxy groups -OCH3 is 2. The third-order valence-electron chi connectivity index (χ3n) is 4.88. The number of carbonyl (C=O) groups excluding carboxylic acids is 2. The SMILES string of the molecule is COc1ccc(C(=O)Nc2ccc(C(C)(C)COC(=O)c3ncccn3)cc2)cc1OC. The Hall–Kier alpha value is -3.94. The Morgan fingerprint density at radius 3 is 2.22 bits per heavy atom. The minimum absolute atomic E-state index is 0.0246. The lowest BCUT2D eigenvalue weighted by Gasteiger charge is -2.25. The lowest BCUT2D eigenvalue weighted by atomic mass is 9.85. The van der Waals surface area contributed by atoms with Crippen molar-refractivity contribution < 1.29 is 23.8 Å². The summed E-state index contributed by atoms with van der Waals surface area (Å²) in [7, 11) is 3.06. The fourth-order valence-corrected chi connectivity index (χ4v) is 2.98. The molecule has 0 aliphatic carbocycles. The van der Waals surface area contributed by atoms with Crippen LogP contribution in [0.5, 0.6) is 11.5 Å². The van der Waals surface area contributed by atoms with Gasteiger partial charge in [0.05, 0.1) is 14.2 Å². The van der Waals surface area contributed by atoms with Crippen molar-refractivity contribution in [2.75, 3.05) is 26.1 Å². The van der Waals surface area contributed by atoms with E-state index in [2.05, 4.69) is 15.3 Å². The van der Waals surface area contributed by atoms with Crippen LogP contribution >= 0.6 is 0 Å². The Kier molecular flexibility index (Phi) is 7.04. The average Bonchev–Trinajstić information content (AvgIpc) is 2.83. The molecule has 1 amide bonds. The van der Waals surface area contributed by atoms with Gasteiger partial charge in [-0.25, -0.2) is 14.8 Å². The predicted octanol–water partition coefficient (Wildman–Crippen LogP) is 3.88. The molecule has 8 nitrogen and oxygen atoms in total. The molecule has 32 heavy (non-hydrogen) atoms. The van der Waals surface area contributed by atoms with E-state index in [9.17, 15) is 9.59 Å². The number of benzene rings is 2. The van der Waals surface area contributed by atoms with Crippen molar-refractivity contribution in [3.63, 3.8) is 0 Å². The Morgan fingerprint density at radius 2 is 1.59 bits per heavy atom. The van der Waals surface area contributed by atoms with E-state index in [4.69, 9.17) is 14.2 Å². The van der Waals surface area contributed by atoms with Crippen LogP contribution < -0.4 is 14.8 Å². The van der Waals surface area contributed by atoms with Crippen molar-refractivity contribution in [3.8, 4) is 11.5 Å². The van der Waals surface area contributed by atoms with E-state index in [1.807, 2.05) is 26.0 Å². The number of hydrogen-bond donors (Lipinski definition) is 1. The summed E-state index contributed by atoms with van der Waals surface area (Å²) in [5.74, 6) is 0.214. The van der Waals surface area contributed by atoms with E-state index in [0.717, 1.165) is 5.56 Å². The molecule has 1 aromatic heterocycles. The molecule has 0 saturated carbocycles. The molecule has 0 aliphatic rings. The molecule has 0 aliphatic heterocycles. The van der Waals surface area contributed by atoms with E-state index in [0.29, 0.717) is 22.7 Å². The second-order valence-electron chi connectivity index (χ2n) is 7.63. The van der Waals surface area contributed by atoms with Gasteiger partial charge in [-0.15, -0.1) is 0 Å². The number of amides is 1. The lowest BCUT2D eigenvalue weighted by Crippen LogP contribution is -2.27. The Labute approximate surface area is 186 Å². The van der Waals surface area contributed by atoms with Crippen LogP contribution in [0.4, 0.5) is 5.69 Å². The van der Waals surface area contributed by atoms with Crippen LogP contribution in [0.15, 0.2) is 60.9 Å². The molecular weight excluding hydrogens is 410 g/mol. The Bertz CT molecular complexity index is 1080. The van der Waals surface area contributed by atoms with Crippen LogP contribution in [0.2, 0.25) is 0 Å². The van der Waals surface area contributed by atoms with Gasteiger partial charge in [0.15, 0.2) is 11.5 Å². The van der Waals surface area contributed by atoms with Crippen LogP contribution in [0.1, 0.15) is 40.4 Å². The Balaban J connectivity index is 1.63. The average molecular weight is 435 g/mol. The maximum atomic E-state index is 12.6. The van der Waals surface area contributed by atoms with Crippen LogP contribution in [0.25, 0.3) is 0 Å². The van der Waals surface area contributed by atoms with E-state index >= 15 is 0 Å². The summed E-state index contributed by atoms with van der Waals surface area (Å²) in [6, 6.07) is 14.0. The quantitative estimate of drug-likeness (QED) is 0.536. The highest BCUT2D eigenvalue weighted by molar-refractivity contribution is 6.04. The molecule has 2 aromatic carbocycles. The van der Waals surface area contributed by atoms with Gasteiger partial charge >= 0.3 is 5.97 Å². The number of esters is 1. The van der Waals surface area contributed by atoms with Gasteiger partial charge in [-0.3, -0.25) is 4.79 Å². The summed E-state index contributed by atoms with van der Waals surface area (Å²) in [5, 5.41) is 2.86. The minimum atomic E-state index is -0.572. The summed E-state index contributed by atoms with van der Waals surface area (Å²) >= 11 is 0. The molecule has 0 saturated heterocycles. The number of anilines is 1. The van der Waals surface area contributed by atoms with Gasteiger partial charge in [-0.05, 0) is 42.0 Å². The number of ether oxygens (including phenoxy) is 3. The molecule has 0 fully saturated rings. The third kappa shape index (κ3) is 5.40. The minimum Gasteiger partial charge on any atom is -0.493 e. The highest BCUT2D eigenvalue weighted by Gasteiger charge is 2.24. The molecule has 3 rings (SSSR count). The van der Waals surface area contributed by atoms with Gasteiger partial charge < -0.3 is 19.5 Å². The number of rotatable bonds is 8. The highest BCUT2D eigenvalue weighted by Crippen LogP contribution is 2.28. The zero-order chi connectivity index (χ0) is 23.1. The standard InChI is InChI=1S/C24H25N3O5/c1-24(2,15-32-23(29)21-25-12-5-13-26-21)17-7-9-18(10-8-17)27-22(28)16-6-11-19(30-3)20(14-16)31-4/h5-14H,15H2,1-4H3,(H,27,28). The molecule has 8 heteroatoms. The predicted molar refractivity (Wildman–Crippen MR) is 119 cm³/mol. The van der Waals surface area contributed by atoms with E-state index < -0.39 is 11.4 Å². The second-order valence-corrected chi connectivity index (χ2v) is 7.63. The zero-order valence-corrected chi connectivity index (χ0v) is 18.4. The van der Waals surface area contributed by atoms with Crippen molar-refractivity contribution in [2.45, 2.75) is 19.3 Å². The first-order valence-electron chi connectivity index (χ1n) is 9.92. The zero-order valence-electron chi connectivity index (χ0n) is 18.4. The number of aromatic nitrogens is 2. The summed E-state index contributed by atoms with van der Waals surface area (Å²) in [6.07, 6.45) is 2.98. The van der Waals surface area contributed by atoms with Gasteiger partial charge in [0.25, 0.3) is 5.91 Å². The topological polar surface area (TPSA) is 99.6 Å². The van der Waals surface area contributed by atoms with E-state index in [-0.39, 0.29) is 18.3 Å².